The standard InChI is InChI=1S/C9H12Cl2N4O/c1-16-6-2-4-15(5-3-6)9-13-7(10)12-8(11)14-9/h6H,2-5H2,1H3. The monoisotopic (exact) mass is 262 g/mol. The predicted molar refractivity (Wildman–Crippen MR) is 62.1 cm³/mol. The molecule has 1 aromatic heterocycles. The van der Waals surface area contributed by atoms with E-state index in [0.717, 1.165) is 25.9 Å². The predicted octanol–water partition coefficient (Wildman–Crippen LogP) is 1.79. The number of rotatable bonds is 2. The maximum absolute atomic E-state index is 5.73. The van der Waals surface area contributed by atoms with Gasteiger partial charge in [-0.1, -0.05) is 0 Å². The maximum atomic E-state index is 5.73. The van der Waals surface area contributed by atoms with Gasteiger partial charge in [0, 0.05) is 20.2 Å². The first-order valence-electron chi connectivity index (χ1n) is 5.04. The zero-order chi connectivity index (χ0) is 11.5. The maximum Gasteiger partial charge on any atom is 0.230 e. The van der Waals surface area contributed by atoms with E-state index in [1.54, 1.807) is 7.11 Å². The van der Waals surface area contributed by atoms with Crippen molar-refractivity contribution in [1.82, 2.24) is 15.0 Å². The van der Waals surface area contributed by atoms with Crippen LogP contribution in [0.15, 0.2) is 0 Å². The van der Waals surface area contributed by atoms with Gasteiger partial charge in [-0.25, -0.2) is 0 Å². The fourth-order valence-corrected chi connectivity index (χ4v) is 2.10. The molecule has 2 rings (SSSR count). The van der Waals surface area contributed by atoms with Crippen molar-refractivity contribution in [2.75, 3.05) is 25.1 Å². The van der Waals surface area contributed by atoms with Gasteiger partial charge in [0.25, 0.3) is 0 Å². The van der Waals surface area contributed by atoms with Crippen molar-refractivity contribution < 1.29 is 4.74 Å². The molecule has 0 atom stereocenters. The van der Waals surface area contributed by atoms with Crippen molar-refractivity contribution in [1.29, 1.82) is 0 Å². The largest absolute Gasteiger partial charge is 0.381 e. The van der Waals surface area contributed by atoms with Gasteiger partial charge < -0.3 is 9.64 Å². The summed E-state index contributed by atoms with van der Waals surface area (Å²) in [6.45, 7) is 1.68. The first kappa shape index (κ1) is 11.8. The average Bonchev–Trinajstić information content (AvgIpc) is 2.28. The molecule has 0 saturated carbocycles. The Balaban J connectivity index is 2.08. The van der Waals surface area contributed by atoms with Crippen LogP contribution in [-0.4, -0.2) is 41.3 Å². The van der Waals surface area contributed by atoms with E-state index in [-0.39, 0.29) is 10.6 Å². The Kier molecular flexibility index (Phi) is 3.78. The summed E-state index contributed by atoms with van der Waals surface area (Å²) in [5.74, 6) is 0.541. The van der Waals surface area contributed by atoms with E-state index in [9.17, 15) is 0 Å². The third-order valence-corrected chi connectivity index (χ3v) is 2.97. The van der Waals surface area contributed by atoms with E-state index < -0.39 is 0 Å². The number of halogens is 2. The van der Waals surface area contributed by atoms with Crippen molar-refractivity contribution in [3.8, 4) is 0 Å². The highest BCUT2D eigenvalue weighted by Crippen LogP contribution is 2.19. The summed E-state index contributed by atoms with van der Waals surface area (Å²) in [4.78, 5) is 13.9. The van der Waals surface area contributed by atoms with Crippen LogP contribution < -0.4 is 4.90 Å². The number of aromatic nitrogens is 3. The Morgan fingerprint density at radius 3 is 2.19 bits per heavy atom. The Morgan fingerprint density at radius 1 is 1.12 bits per heavy atom. The van der Waals surface area contributed by atoms with E-state index in [4.69, 9.17) is 27.9 Å². The Bertz CT molecular complexity index is 348. The molecule has 1 fully saturated rings. The summed E-state index contributed by atoms with van der Waals surface area (Å²) < 4.78 is 5.29. The van der Waals surface area contributed by atoms with Crippen LogP contribution in [0, 0.1) is 0 Å². The summed E-state index contributed by atoms with van der Waals surface area (Å²) in [6.07, 6.45) is 2.23. The van der Waals surface area contributed by atoms with E-state index in [1.807, 2.05) is 4.90 Å². The lowest BCUT2D eigenvalue weighted by atomic mass is 10.1. The molecule has 1 saturated heterocycles. The second-order valence-corrected chi connectivity index (χ2v) is 4.27. The normalized spacial score (nSPS) is 17.8. The minimum Gasteiger partial charge on any atom is -0.381 e. The van der Waals surface area contributed by atoms with Crippen LogP contribution in [0.1, 0.15) is 12.8 Å². The summed E-state index contributed by atoms with van der Waals surface area (Å²) in [7, 11) is 1.73. The van der Waals surface area contributed by atoms with Crippen molar-refractivity contribution in [3.05, 3.63) is 10.6 Å². The van der Waals surface area contributed by atoms with Crippen molar-refractivity contribution in [3.63, 3.8) is 0 Å². The minimum absolute atomic E-state index is 0.129. The lowest BCUT2D eigenvalue weighted by molar-refractivity contribution is 0.0816. The zero-order valence-electron chi connectivity index (χ0n) is 8.86. The second kappa shape index (κ2) is 5.12. The van der Waals surface area contributed by atoms with Gasteiger partial charge >= 0.3 is 0 Å². The highest BCUT2D eigenvalue weighted by Gasteiger charge is 2.21. The molecular weight excluding hydrogens is 251 g/mol. The molecule has 5 nitrogen and oxygen atoms in total. The first-order valence-corrected chi connectivity index (χ1v) is 5.79. The number of hydrogen-bond donors (Lipinski definition) is 0. The van der Waals surface area contributed by atoms with Gasteiger partial charge in [-0.2, -0.15) is 15.0 Å². The van der Waals surface area contributed by atoms with Gasteiger partial charge in [0.05, 0.1) is 6.10 Å². The Morgan fingerprint density at radius 2 is 1.69 bits per heavy atom. The molecule has 0 amide bonds. The highest BCUT2D eigenvalue weighted by molar-refractivity contribution is 6.31. The smallest absolute Gasteiger partial charge is 0.230 e. The number of piperidine rings is 1. The molecule has 0 unspecified atom stereocenters. The highest BCUT2D eigenvalue weighted by atomic mass is 35.5. The molecule has 1 aliphatic rings. The van der Waals surface area contributed by atoms with Gasteiger partial charge in [0.15, 0.2) is 0 Å². The Labute approximate surface area is 104 Å². The fraction of sp³-hybridized carbons (Fsp3) is 0.667. The van der Waals surface area contributed by atoms with Crippen LogP contribution in [0.2, 0.25) is 10.6 Å². The van der Waals surface area contributed by atoms with E-state index in [0.29, 0.717) is 12.1 Å². The quantitative estimate of drug-likeness (QED) is 0.814. The molecule has 0 aliphatic carbocycles. The number of anilines is 1. The van der Waals surface area contributed by atoms with Gasteiger partial charge in [0.1, 0.15) is 0 Å². The fourth-order valence-electron chi connectivity index (χ4n) is 1.75. The average molecular weight is 263 g/mol. The third-order valence-electron chi connectivity index (χ3n) is 2.63. The Hall–Kier alpha value is -0.650. The zero-order valence-corrected chi connectivity index (χ0v) is 10.4. The van der Waals surface area contributed by atoms with Crippen LogP contribution in [0.3, 0.4) is 0 Å². The number of hydrogen-bond acceptors (Lipinski definition) is 5. The lowest BCUT2D eigenvalue weighted by Crippen LogP contribution is -2.37. The SMILES string of the molecule is COC1CCN(c2nc(Cl)nc(Cl)n2)CC1. The summed E-state index contributed by atoms with van der Waals surface area (Å²) in [6, 6.07) is 0. The molecule has 88 valence electrons. The number of nitrogens with zero attached hydrogens (tertiary/aromatic N) is 4. The molecule has 0 spiro atoms. The van der Waals surface area contributed by atoms with Gasteiger partial charge in [0.2, 0.25) is 16.5 Å². The molecular formula is C9H12Cl2N4O. The van der Waals surface area contributed by atoms with Crippen LogP contribution in [-0.2, 0) is 4.74 Å². The van der Waals surface area contributed by atoms with Crippen LogP contribution in [0.25, 0.3) is 0 Å². The first-order chi connectivity index (χ1) is 7.69. The number of methoxy groups -OCH3 is 1. The van der Waals surface area contributed by atoms with Gasteiger partial charge in [-0.05, 0) is 36.0 Å². The molecule has 0 N–H and O–H groups in total. The molecule has 1 aromatic rings. The molecule has 0 radical (unpaired) electrons. The van der Waals surface area contributed by atoms with Crippen LogP contribution in [0.5, 0.6) is 0 Å². The molecule has 2 heterocycles. The van der Waals surface area contributed by atoms with Gasteiger partial charge in [-0.15, -0.1) is 0 Å². The van der Waals surface area contributed by atoms with E-state index in [1.165, 1.54) is 0 Å². The molecule has 1 aliphatic heterocycles. The topological polar surface area (TPSA) is 51.1 Å². The van der Waals surface area contributed by atoms with E-state index in [2.05, 4.69) is 15.0 Å². The second-order valence-electron chi connectivity index (χ2n) is 3.60. The van der Waals surface area contributed by atoms with Crippen molar-refractivity contribution >= 4 is 29.2 Å². The van der Waals surface area contributed by atoms with E-state index >= 15 is 0 Å². The third kappa shape index (κ3) is 2.72. The summed E-state index contributed by atoms with van der Waals surface area (Å²) >= 11 is 11.5. The number of ether oxygens (including phenoxy) is 1. The summed E-state index contributed by atoms with van der Waals surface area (Å²) in [5, 5.41) is 0.257. The molecule has 0 bridgehead atoms. The summed E-state index contributed by atoms with van der Waals surface area (Å²) in [5.41, 5.74) is 0. The van der Waals surface area contributed by atoms with Crippen molar-refractivity contribution in [2.45, 2.75) is 18.9 Å². The molecule has 0 aromatic carbocycles. The lowest BCUT2D eigenvalue weighted by Gasteiger charge is -2.31. The van der Waals surface area contributed by atoms with Crippen molar-refractivity contribution in [2.24, 2.45) is 0 Å². The van der Waals surface area contributed by atoms with Crippen LogP contribution >= 0.6 is 23.2 Å². The van der Waals surface area contributed by atoms with Crippen LogP contribution in [0.4, 0.5) is 5.95 Å². The minimum atomic E-state index is 0.129. The molecule has 16 heavy (non-hydrogen) atoms. The van der Waals surface area contributed by atoms with Gasteiger partial charge in [-0.3, -0.25) is 0 Å². The molecule has 7 heteroatoms.